The Kier molecular flexibility index (Phi) is 21.8. The molecule has 1 aromatic carbocycles. The van der Waals surface area contributed by atoms with Gasteiger partial charge in [-0.1, -0.05) is 0 Å². The number of hydrogen-bond donors (Lipinski definition) is 0. The van der Waals surface area contributed by atoms with Crippen LogP contribution in [0.1, 0.15) is 5.56 Å². The summed E-state index contributed by atoms with van der Waals surface area (Å²) in [5.74, 6) is -0.861. The van der Waals surface area contributed by atoms with E-state index in [4.69, 9.17) is 15.1 Å². The molecule has 0 aliphatic heterocycles. The molecule has 25 heavy (non-hydrogen) atoms. The molecular formula is C8H4BF6K3O6S. The Labute approximate surface area is 266 Å². The van der Waals surface area contributed by atoms with E-state index < -0.39 is 40.4 Å². The Morgan fingerprint density at radius 1 is 0.840 bits per heavy atom. The maximum absolute atomic E-state index is 12.1. The second-order valence-electron chi connectivity index (χ2n) is 3.29. The molecule has 126 valence electrons. The van der Waals surface area contributed by atoms with Crippen LogP contribution in [0, 0.1) is 0 Å². The molecule has 0 bridgehead atoms. The molecule has 0 unspecified atom stereocenters. The van der Waals surface area contributed by atoms with Crippen LogP contribution in [0.5, 0.6) is 5.75 Å². The molecule has 0 aliphatic rings. The van der Waals surface area contributed by atoms with Crippen LogP contribution in [-0.4, -0.2) is 21.2 Å². The number of hydrogen-bond acceptors (Lipinski definition) is 6. The molecule has 0 heterocycles. The van der Waals surface area contributed by atoms with E-state index in [1.807, 2.05) is 0 Å². The van der Waals surface area contributed by atoms with Gasteiger partial charge >= 0.3 is 176 Å². The standard InChI is InChI=1S/C8H4F6O3S.BO3.3K/c9-7(10,11)5-1-3-6(4-2-5)17-18(15,16)8(12,13)14;2-1(3)4;;;/h1-4H;;;;/q;-3;3*+1. The van der Waals surface area contributed by atoms with Crippen molar-refractivity contribution in [2.75, 3.05) is 0 Å². The molecule has 1 aromatic rings. The van der Waals surface area contributed by atoms with E-state index in [0.717, 1.165) is 0 Å². The molecule has 0 radical (unpaired) electrons. The largest absolute Gasteiger partial charge is 1.00 e. The average Bonchev–Trinajstić information content (AvgIpc) is 2.25. The van der Waals surface area contributed by atoms with Gasteiger partial charge in [0.05, 0.1) is 5.56 Å². The molecule has 0 atom stereocenters. The minimum Gasteiger partial charge on any atom is -0.907 e. The maximum Gasteiger partial charge on any atom is 1.00 e. The molecule has 6 nitrogen and oxygen atoms in total. The van der Waals surface area contributed by atoms with E-state index in [0.29, 0.717) is 24.3 Å². The van der Waals surface area contributed by atoms with Gasteiger partial charge in [0.15, 0.2) is 0 Å². The molecule has 0 amide bonds. The van der Waals surface area contributed by atoms with Crippen LogP contribution in [0.3, 0.4) is 0 Å². The van der Waals surface area contributed by atoms with E-state index in [2.05, 4.69) is 4.18 Å². The van der Waals surface area contributed by atoms with Crippen molar-refractivity contribution in [2.45, 2.75) is 11.7 Å². The molecule has 1 rings (SSSR count). The van der Waals surface area contributed by atoms with E-state index in [9.17, 15) is 34.8 Å². The van der Waals surface area contributed by atoms with E-state index in [1.165, 1.54) is 0 Å². The van der Waals surface area contributed by atoms with Crippen LogP contribution in [0.25, 0.3) is 0 Å². The Morgan fingerprint density at radius 2 is 1.16 bits per heavy atom. The summed E-state index contributed by atoms with van der Waals surface area (Å²) in [7, 11) is -8.80. The van der Waals surface area contributed by atoms with Gasteiger partial charge in [0.2, 0.25) is 0 Å². The van der Waals surface area contributed by atoms with Crippen molar-refractivity contribution in [1.29, 1.82) is 0 Å². The van der Waals surface area contributed by atoms with Gasteiger partial charge in [0.25, 0.3) is 0 Å². The van der Waals surface area contributed by atoms with Gasteiger partial charge in [-0.05, 0) is 24.3 Å². The predicted octanol–water partition coefficient (Wildman–Crippen LogP) is -10.0. The predicted molar refractivity (Wildman–Crippen MR) is 52.8 cm³/mol. The normalized spacial score (nSPS) is 10.8. The van der Waals surface area contributed by atoms with Gasteiger partial charge in [-0.2, -0.15) is 34.8 Å². The summed E-state index contributed by atoms with van der Waals surface area (Å²) in [5.41, 5.74) is -6.78. The van der Waals surface area contributed by atoms with Crippen LogP contribution in [-0.2, 0) is 16.3 Å². The maximum atomic E-state index is 12.1. The molecule has 0 saturated carbocycles. The number of halogens is 6. The summed E-state index contributed by atoms with van der Waals surface area (Å²) in [6.45, 7) is 0. The average molecular weight is 470 g/mol. The first-order valence-electron chi connectivity index (χ1n) is 4.82. The smallest absolute Gasteiger partial charge is 0.907 e. The molecule has 0 aliphatic carbocycles. The van der Waals surface area contributed by atoms with E-state index >= 15 is 0 Å². The van der Waals surface area contributed by atoms with Crippen molar-refractivity contribution >= 4 is 17.4 Å². The van der Waals surface area contributed by atoms with Crippen molar-refractivity contribution in [3.05, 3.63) is 29.8 Å². The van der Waals surface area contributed by atoms with Gasteiger partial charge in [0.1, 0.15) is 5.75 Å². The van der Waals surface area contributed by atoms with Crippen molar-refractivity contribution in [3.8, 4) is 5.75 Å². The molecule has 0 fully saturated rings. The number of benzene rings is 1. The fourth-order valence-corrected chi connectivity index (χ4v) is 1.33. The number of rotatable bonds is 2. The van der Waals surface area contributed by atoms with Gasteiger partial charge in [-0.15, -0.1) is 0 Å². The SMILES string of the molecule is O=S(=O)(Oc1ccc(C(F)(F)F)cc1)C(F)(F)F.[K+].[K+].[K+].[O-]B([O-])[O-]. The zero-order valence-corrected chi connectivity index (χ0v) is 23.2. The monoisotopic (exact) mass is 470 g/mol. The topological polar surface area (TPSA) is 113 Å². The Hall–Kier alpha value is 3.40. The fourth-order valence-electron chi connectivity index (χ4n) is 0.873. The first-order valence-corrected chi connectivity index (χ1v) is 6.23. The van der Waals surface area contributed by atoms with Gasteiger partial charge < -0.3 is 19.3 Å². The van der Waals surface area contributed by atoms with Crippen LogP contribution >= 0.6 is 0 Å². The van der Waals surface area contributed by atoms with Gasteiger partial charge in [-0.3, -0.25) is 7.32 Å². The van der Waals surface area contributed by atoms with Crippen LogP contribution in [0.15, 0.2) is 24.3 Å². The Balaban J connectivity index is -0.000000285. The number of alkyl halides is 6. The van der Waals surface area contributed by atoms with E-state index in [1.54, 1.807) is 0 Å². The molecule has 0 spiro atoms. The summed E-state index contributed by atoms with van der Waals surface area (Å²) in [5, 5.41) is 25.2. The fraction of sp³-hybridized carbons (Fsp3) is 0.250. The third-order valence-electron chi connectivity index (χ3n) is 1.67. The van der Waals surface area contributed by atoms with Crippen LogP contribution < -0.4 is 173 Å². The third-order valence-corrected chi connectivity index (χ3v) is 2.65. The zero-order valence-electron chi connectivity index (χ0n) is 13.0. The molecule has 0 saturated heterocycles. The van der Waals surface area contributed by atoms with Gasteiger partial charge in [0, 0.05) is 0 Å². The molecular weight excluding hydrogens is 466 g/mol. The summed E-state index contributed by atoms with van der Waals surface area (Å²) in [6.07, 6.45) is -4.68. The molecule has 0 N–H and O–H groups in total. The summed E-state index contributed by atoms with van der Waals surface area (Å²) >= 11 is 0. The first kappa shape index (κ1) is 35.8. The third kappa shape index (κ3) is 15.8. The quantitative estimate of drug-likeness (QED) is 0.184. The minimum atomic E-state index is -5.88. The second kappa shape index (κ2) is 15.2. The molecule has 0 aromatic heterocycles. The van der Waals surface area contributed by atoms with Crippen LogP contribution in [0.2, 0.25) is 0 Å². The van der Waals surface area contributed by atoms with Gasteiger partial charge in [-0.25, -0.2) is 0 Å². The first-order chi connectivity index (χ1) is 9.67. The van der Waals surface area contributed by atoms with Crippen molar-refractivity contribution in [2.24, 2.45) is 0 Å². The summed E-state index contributed by atoms with van der Waals surface area (Å²) < 4.78 is 96.7. The summed E-state index contributed by atoms with van der Waals surface area (Å²) in [6, 6.07) is 1.76. The van der Waals surface area contributed by atoms with Crippen molar-refractivity contribution in [3.63, 3.8) is 0 Å². The summed E-state index contributed by atoms with van der Waals surface area (Å²) in [4.78, 5) is 0. The zero-order chi connectivity index (χ0) is 17.8. The Morgan fingerprint density at radius 3 is 1.40 bits per heavy atom. The van der Waals surface area contributed by atoms with Crippen molar-refractivity contribution < 1.29 is 208 Å². The minimum absolute atomic E-state index is 0. The Bertz CT molecular complexity index is 577. The van der Waals surface area contributed by atoms with Crippen molar-refractivity contribution in [1.82, 2.24) is 0 Å². The van der Waals surface area contributed by atoms with E-state index in [-0.39, 0.29) is 154 Å². The molecule has 17 heteroatoms. The second-order valence-corrected chi connectivity index (χ2v) is 4.83. The van der Waals surface area contributed by atoms with Crippen LogP contribution in [0.4, 0.5) is 26.3 Å².